The molecule has 1 heterocycles. The fourth-order valence-electron chi connectivity index (χ4n) is 2.94. The fraction of sp³-hybridized carbons (Fsp3) is 0.353. The lowest BCUT2D eigenvalue weighted by Crippen LogP contribution is -2.33. The number of carbonyl (C=O) groups excluding carboxylic acids is 2. The van der Waals surface area contributed by atoms with Crippen LogP contribution in [0.2, 0.25) is 10.0 Å². The summed E-state index contributed by atoms with van der Waals surface area (Å²) in [6, 6.07) is 6.65. The maximum Gasteiger partial charge on any atom is 0.251 e. The minimum absolute atomic E-state index is 0.144. The van der Waals surface area contributed by atoms with Gasteiger partial charge in [0.15, 0.2) is 0 Å². The van der Waals surface area contributed by atoms with E-state index >= 15 is 0 Å². The first-order valence-corrected chi connectivity index (χ1v) is 8.87. The molecule has 0 aliphatic heterocycles. The van der Waals surface area contributed by atoms with Gasteiger partial charge in [0.2, 0.25) is 5.91 Å². The van der Waals surface area contributed by atoms with E-state index in [1.54, 1.807) is 24.4 Å². The Balaban J connectivity index is 1.55. The molecule has 1 saturated carbocycles. The first-order valence-electron chi connectivity index (χ1n) is 8.11. The van der Waals surface area contributed by atoms with Gasteiger partial charge in [-0.25, -0.2) is 4.68 Å². The average Bonchev–Trinajstić information content (AvgIpc) is 3.26. The predicted molar refractivity (Wildman–Crippen MR) is 97.2 cm³/mol. The summed E-state index contributed by atoms with van der Waals surface area (Å²) in [7, 11) is 0. The zero-order valence-corrected chi connectivity index (χ0v) is 15.0. The van der Waals surface area contributed by atoms with E-state index in [2.05, 4.69) is 15.7 Å². The van der Waals surface area contributed by atoms with Crippen LogP contribution in [-0.2, 0) is 4.79 Å². The van der Waals surface area contributed by atoms with Gasteiger partial charge >= 0.3 is 0 Å². The van der Waals surface area contributed by atoms with E-state index in [1.807, 2.05) is 4.68 Å². The van der Waals surface area contributed by atoms with Crippen molar-refractivity contribution in [2.75, 3.05) is 11.9 Å². The Hall–Kier alpha value is -2.05. The summed E-state index contributed by atoms with van der Waals surface area (Å²) < 4.78 is 1.85. The molecular formula is C17H18Cl2N4O2. The van der Waals surface area contributed by atoms with Gasteiger partial charge in [0, 0.05) is 11.6 Å². The van der Waals surface area contributed by atoms with Crippen LogP contribution < -0.4 is 10.6 Å². The van der Waals surface area contributed by atoms with Crippen molar-refractivity contribution in [3.63, 3.8) is 0 Å². The number of carbonyl (C=O) groups is 2. The van der Waals surface area contributed by atoms with E-state index in [4.69, 9.17) is 23.2 Å². The van der Waals surface area contributed by atoms with Crippen LogP contribution in [0, 0.1) is 0 Å². The summed E-state index contributed by atoms with van der Waals surface area (Å²) in [5, 5.41) is 10.3. The number of rotatable bonds is 5. The SMILES string of the molecule is O=C(CNC(=O)c1ccc(Cl)c(Cl)c1)Nc1ccnn1C1CCCC1. The molecule has 25 heavy (non-hydrogen) atoms. The second-order valence-corrected chi connectivity index (χ2v) is 6.77. The Labute approximate surface area is 155 Å². The highest BCUT2D eigenvalue weighted by Gasteiger charge is 2.20. The van der Waals surface area contributed by atoms with Crippen LogP contribution >= 0.6 is 23.2 Å². The quantitative estimate of drug-likeness (QED) is 0.830. The van der Waals surface area contributed by atoms with E-state index in [0.29, 0.717) is 27.5 Å². The highest BCUT2D eigenvalue weighted by atomic mass is 35.5. The molecule has 0 saturated heterocycles. The summed E-state index contributed by atoms with van der Waals surface area (Å²) >= 11 is 11.7. The van der Waals surface area contributed by atoms with E-state index in [1.165, 1.54) is 18.9 Å². The van der Waals surface area contributed by atoms with E-state index in [-0.39, 0.29) is 12.5 Å². The third-order valence-corrected chi connectivity index (χ3v) is 4.94. The van der Waals surface area contributed by atoms with Gasteiger partial charge in [-0.2, -0.15) is 5.10 Å². The Morgan fingerprint density at radius 1 is 1.16 bits per heavy atom. The molecule has 1 aromatic carbocycles. The standard InChI is InChI=1S/C17H18Cl2N4O2/c18-13-6-5-11(9-14(13)19)17(25)20-10-16(24)22-15-7-8-21-23(15)12-3-1-2-4-12/h5-9,12H,1-4,10H2,(H,20,25)(H,22,24). The van der Waals surface area contributed by atoms with Gasteiger partial charge in [0.1, 0.15) is 5.82 Å². The first kappa shape index (κ1) is 17.8. The van der Waals surface area contributed by atoms with Crippen LogP contribution in [0.5, 0.6) is 0 Å². The molecule has 6 nitrogen and oxygen atoms in total. The maximum absolute atomic E-state index is 12.1. The van der Waals surface area contributed by atoms with Gasteiger partial charge in [-0.15, -0.1) is 0 Å². The monoisotopic (exact) mass is 380 g/mol. The van der Waals surface area contributed by atoms with Gasteiger partial charge < -0.3 is 10.6 Å². The number of hydrogen-bond acceptors (Lipinski definition) is 3. The molecule has 1 aromatic heterocycles. The molecule has 1 aliphatic rings. The number of nitrogens with zero attached hydrogens (tertiary/aromatic N) is 2. The molecule has 8 heteroatoms. The van der Waals surface area contributed by atoms with Crippen molar-refractivity contribution in [3.8, 4) is 0 Å². The summed E-state index contributed by atoms with van der Waals surface area (Å²) in [5.41, 5.74) is 0.346. The van der Waals surface area contributed by atoms with Gasteiger partial charge in [-0.1, -0.05) is 36.0 Å². The second kappa shape index (κ2) is 7.89. The van der Waals surface area contributed by atoms with Crippen molar-refractivity contribution in [1.29, 1.82) is 0 Å². The van der Waals surface area contributed by atoms with Crippen molar-refractivity contribution in [3.05, 3.63) is 46.1 Å². The first-order chi connectivity index (χ1) is 12.0. The number of benzene rings is 1. The molecule has 3 rings (SSSR count). The molecule has 132 valence electrons. The third kappa shape index (κ3) is 4.32. The zero-order valence-electron chi connectivity index (χ0n) is 13.5. The molecule has 0 unspecified atom stereocenters. The van der Waals surface area contributed by atoms with Gasteiger partial charge in [0.05, 0.1) is 28.8 Å². The normalized spacial score (nSPS) is 14.5. The molecule has 0 atom stereocenters. The van der Waals surface area contributed by atoms with Gasteiger partial charge in [-0.3, -0.25) is 9.59 Å². The van der Waals surface area contributed by atoms with Crippen molar-refractivity contribution in [2.45, 2.75) is 31.7 Å². The minimum Gasteiger partial charge on any atom is -0.343 e. The van der Waals surface area contributed by atoms with E-state index in [9.17, 15) is 9.59 Å². The topological polar surface area (TPSA) is 76.0 Å². The Kier molecular flexibility index (Phi) is 5.60. The summed E-state index contributed by atoms with van der Waals surface area (Å²) in [6.07, 6.45) is 6.16. The predicted octanol–water partition coefficient (Wildman–Crippen LogP) is 3.67. The molecular weight excluding hydrogens is 363 g/mol. The molecule has 0 bridgehead atoms. The number of halogens is 2. The van der Waals surface area contributed by atoms with E-state index in [0.717, 1.165) is 12.8 Å². The number of hydrogen-bond donors (Lipinski definition) is 2. The fourth-order valence-corrected chi connectivity index (χ4v) is 3.24. The highest BCUT2D eigenvalue weighted by molar-refractivity contribution is 6.42. The van der Waals surface area contributed by atoms with E-state index < -0.39 is 5.91 Å². The van der Waals surface area contributed by atoms with Crippen molar-refractivity contribution in [2.24, 2.45) is 0 Å². The molecule has 2 amide bonds. The number of aromatic nitrogens is 2. The van der Waals surface area contributed by atoms with Crippen LogP contribution in [0.25, 0.3) is 0 Å². The minimum atomic E-state index is -0.391. The average molecular weight is 381 g/mol. The Bertz CT molecular complexity index is 785. The highest BCUT2D eigenvalue weighted by Crippen LogP contribution is 2.31. The van der Waals surface area contributed by atoms with Crippen molar-refractivity contribution < 1.29 is 9.59 Å². The van der Waals surface area contributed by atoms with Crippen LogP contribution in [-0.4, -0.2) is 28.1 Å². The van der Waals surface area contributed by atoms with Crippen LogP contribution in [0.15, 0.2) is 30.5 Å². The van der Waals surface area contributed by atoms with Crippen molar-refractivity contribution in [1.82, 2.24) is 15.1 Å². The molecule has 2 N–H and O–H groups in total. The molecule has 0 radical (unpaired) electrons. The lowest BCUT2D eigenvalue weighted by molar-refractivity contribution is -0.115. The number of anilines is 1. The van der Waals surface area contributed by atoms with Crippen LogP contribution in [0.3, 0.4) is 0 Å². The molecule has 1 aliphatic carbocycles. The van der Waals surface area contributed by atoms with Crippen LogP contribution in [0.1, 0.15) is 42.1 Å². The molecule has 2 aromatic rings. The number of amides is 2. The second-order valence-electron chi connectivity index (χ2n) is 5.96. The number of nitrogens with one attached hydrogen (secondary N) is 2. The lowest BCUT2D eigenvalue weighted by atomic mass is 10.2. The van der Waals surface area contributed by atoms with Gasteiger partial charge in [-0.05, 0) is 31.0 Å². The van der Waals surface area contributed by atoms with Crippen LogP contribution in [0.4, 0.5) is 5.82 Å². The zero-order chi connectivity index (χ0) is 17.8. The smallest absolute Gasteiger partial charge is 0.251 e. The third-order valence-electron chi connectivity index (χ3n) is 4.20. The largest absolute Gasteiger partial charge is 0.343 e. The Morgan fingerprint density at radius 3 is 2.64 bits per heavy atom. The van der Waals surface area contributed by atoms with Gasteiger partial charge in [0.25, 0.3) is 5.91 Å². The van der Waals surface area contributed by atoms with Crippen molar-refractivity contribution >= 4 is 40.8 Å². The Morgan fingerprint density at radius 2 is 1.92 bits per heavy atom. The summed E-state index contributed by atoms with van der Waals surface area (Å²) in [5.74, 6) is -0.0492. The molecule has 1 fully saturated rings. The summed E-state index contributed by atoms with van der Waals surface area (Å²) in [4.78, 5) is 24.2. The lowest BCUT2D eigenvalue weighted by Gasteiger charge is -2.14. The summed E-state index contributed by atoms with van der Waals surface area (Å²) in [6.45, 7) is -0.144. The maximum atomic E-state index is 12.1. The molecule has 0 spiro atoms.